The molecule has 0 saturated carbocycles. The number of nitrogens with one attached hydrogen (secondary N) is 1. The van der Waals surface area contributed by atoms with Crippen LogP contribution in [-0.2, 0) is 4.79 Å². The van der Waals surface area contributed by atoms with Gasteiger partial charge in [-0.25, -0.2) is 0 Å². The second kappa shape index (κ2) is 13.8. The molecule has 27 heavy (non-hydrogen) atoms. The van der Waals surface area contributed by atoms with E-state index in [1.165, 1.54) is 24.8 Å². The van der Waals surface area contributed by atoms with E-state index in [1.54, 1.807) is 0 Å². The highest BCUT2D eigenvalue weighted by molar-refractivity contribution is 5.75. The highest BCUT2D eigenvalue weighted by atomic mass is 16.4. The molecular formula is C21H34N4O2. The van der Waals surface area contributed by atoms with Crippen molar-refractivity contribution in [2.75, 3.05) is 13.1 Å². The molecule has 150 valence electrons. The van der Waals surface area contributed by atoms with Gasteiger partial charge in [0.1, 0.15) is 6.04 Å². The van der Waals surface area contributed by atoms with Gasteiger partial charge in [0.25, 0.3) is 0 Å². The smallest absolute Gasteiger partial charge is 0.320 e. The first-order chi connectivity index (χ1) is 13.0. The zero-order valence-corrected chi connectivity index (χ0v) is 16.4. The summed E-state index contributed by atoms with van der Waals surface area (Å²) in [6, 6.07) is 9.54. The topological polar surface area (TPSA) is 114 Å². The fourth-order valence-electron chi connectivity index (χ4n) is 2.85. The van der Waals surface area contributed by atoms with Gasteiger partial charge in [0.05, 0.1) is 0 Å². The third-order valence-electron chi connectivity index (χ3n) is 4.34. The molecule has 0 saturated heterocycles. The van der Waals surface area contributed by atoms with Crippen LogP contribution in [0.3, 0.4) is 0 Å². The van der Waals surface area contributed by atoms with Crippen molar-refractivity contribution < 1.29 is 9.90 Å². The molecule has 0 aromatic heterocycles. The number of hydrogen-bond donors (Lipinski definition) is 4. The zero-order valence-electron chi connectivity index (χ0n) is 16.4. The summed E-state index contributed by atoms with van der Waals surface area (Å²) in [6.45, 7) is 3.21. The Morgan fingerprint density at radius 2 is 1.93 bits per heavy atom. The van der Waals surface area contributed by atoms with Crippen molar-refractivity contribution in [1.82, 2.24) is 5.32 Å². The van der Waals surface area contributed by atoms with Gasteiger partial charge in [-0.05, 0) is 31.2 Å². The lowest BCUT2D eigenvalue weighted by atomic mass is 10.0. The zero-order chi connectivity index (χ0) is 19.9. The van der Waals surface area contributed by atoms with Crippen molar-refractivity contribution >= 4 is 18.0 Å². The second-order valence-electron chi connectivity index (χ2n) is 6.74. The molecule has 6 nitrogen and oxygen atoms in total. The summed E-state index contributed by atoms with van der Waals surface area (Å²) in [5.74, 6) is -0.806. The highest BCUT2D eigenvalue weighted by Crippen LogP contribution is 2.14. The number of nitrogens with two attached hydrogens (primary N) is 2. The Morgan fingerprint density at radius 1 is 1.19 bits per heavy atom. The van der Waals surface area contributed by atoms with Crippen molar-refractivity contribution in [3.63, 3.8) is 0 Å². The van der Waals surface area contributed by atoms with E-state index < -0.39 is 12.0 Å². The average molecular weight is 375 g/mol. The molecule has 0 unspecified atom stereocenters. The lowest BCUT2D eigenvalue weighted by molar-refractivity contribution is -0.139. The normalized spacial score (nSPS) is 12.6. The van der Waals surface area contributed by atoms with Crippen molar-refractivity contribution in [3.05, 3.63) is 41.5 Å². The molecular weight excluding hydrogens is 340 g/mol. The van der Waals surface area contributed by atoms with Crippen LogP contribution in [0.1, 0.15) is 57.4 Å². The average Bonchev–Trinajstić information content (AvgIpc) is 2.64. The minimum Gasteiger partial charge on any atom is -0.480 e. The monoisotopic (exact) mass is 374 g/mol. The van der Waals surface area contributed by atoms with Gasteiger partial charge in [-0.3, -0.25) is 9.79 Å². The summed E-state index contributed by atoms with van der Waals surface area (Å²) in [5, 5.41) is 12.7. The maximum Gasteiger partial charge on any atom is 0.320 e. The first kappa shape index (κ1) is 22.7. The number of guanidine groups is 1. The number of benzene rings is 1. The SMILES string of the molecule is CCCCCC/C(=C\c1ccccc1)CN[C@@H](CCCN=C(N)N)C(=O)O. The predicted molar refractivity (Wildman–Crippen MR) is 113 cm³/mol. The summed E-state index contributed by atoms with van der Waals surface area (Å²) in [7, 11) is 0. The van der Waals surface area contributed by atoms with Crippen LogP contribution in [0.2, 0.25) is 0 Å². The Balaban J connectivity index is 2.64. The first-order valence-electron chi connectivity index (χ1n) is 9.79. The maximum atomic E-state index is 11.5. The van der Waals surface area contributed by atoms with Gasteiger partial charge in [-0.15, -0.1) is 0 Å². The molecule has 0 fully saturated rings. The summed E-state index contributed by atoms with van der Waals surface area (Å²) >= 11 is 0. The number of aliphatic imine (C=N–C) groups is 1. The van der Waals surface area contributed by atoms with Crippen LogP contribution in [-0.4, -0.2) is 36.2 Å². The Hall–Kier alpha value is -2.34. The summed E-state index contributed by atoms with van der Waals surface area (Å²) in [4.78, 5) is 15.4. The van der Waals surface area contributed by atoms with Gasteiger partial charge in [-0.2, -0.15) is 0 Å². The number of carboxylic acid groups (broad SMARTS) is 1. The van der Waals surface area contributed by atoms with Crippen molar-refractivity contribution in [2.45, 2.75) is 57.9 Å². The largest absolute Gasteiger partial charge is 0.480 e. The predicted octanol–water partition coefficient (Wildman–Crippen LogP) is 3.14. The van der Waals surface area contributed by atoms with Gasteiger partial charge < -0.3 is 21.9 Å². The van der Waals surface area contributed by atoms with Crippen LogP contribution in [0.5, 0.6) is 0 Å². The molecule has 6 heteroatoms. The molecule has 1 atom stereocenters. The van der Waals surface area contributed by atoms with E-state index >= 15 is 0 Å². The second-order valence-corrected chi connectivity index (χ2v) is 6.74. The number of unbranched alkanes of at least 4 members (excludes halogenated alkanes) is 3. The molecule has 1 aromatic carbocycles. The van der Waals surface area contributed by atoms with Gasteiger partial charge in [0, 0.05) is 13.1 Å². The highest BCUT2D eigenvalue weighted by Gasteiger charge is 2.16. The van der Waals surface area contributed by atoms with Crippen molar-refractivity contribution in [3.8, 4) is 0 Å². The van der Waals surface area contributed by atoms with E-state index in [4.69, 9.17) is 11.5 Å². The van der Waals surface area contributed by atoms with E-state index in [0.717, 1.165) is 18.4 Å². The standard InChI is InChI=1S/C21H34N4O2/c1-2-3-4-6-12-18(15-17-10-7-5-8-11-17)16-25-19(20(26)27)13-9-14-24-21(22)23/h5,7-8,10-11,15,19,25H,2-4,6,9,12-14,16H2,1H3,(H,26,27)(H4,22,23,24)/b18-15+/t19-/m0/s1. The van der Waals surface area contributed by atoms with Crippen molar-refractivity contribution in [2.24, 2.45) is 16.5 Å². The number of carbonyl (C=O) groups is 1. The van der Waals surface area contributed by atoms with E-state index in [1.807, 2.05) is 18.2 Å². The lowest BCUT2D eigenvalue weighted by Gasteiger charge is -2.16. The van der Waals surface area contributed by atoms with Gasteiger partial charge >= 0.3 is 5.97 Å². The van der Waals surface area contributed by atoms with Crippen LogP contribution in [0.4, 0.5) is 0 Å². The summed E-state index contributed by atoms with van der Waals surface area (Å²) in [5.41, 5.74) is 13.0. The number of hydrogen-bond acceptors (Lipinski definition) is 3. The number of rotatable bonds is 14. The Labute approximate surface area is 162 Å². The van der Waals surface area contributed by atoms with E-state index in [9.17, 15) is 9.90 Å². The molecule has 0 amide bonds. The fourth-order valence-corrected chi connectivity index (χ4v) is 2.85. The molecule has 0 radical (unpaired) electrons. The minimum absolute atomic E-state index is 0.0370. The first-order valence-corrected chi connectivity index (χ1v) is 9.79. The van der Waals surface area contributed by atoms with Gasteiger partial charge in [0.15, 0.2) is 5.96 Å². The van der Waals surface area contributed by atoms with E-state index in [0.29, 0.717) is 25.9 Å². The maximum absolute atomic E-state index is 11.5. The Kier molecular flexibility index (Phi) is 11.6. The molecule has 0 aliphatic rings. The fraction of sp³-hybridized carbons (Fsp3) is 0.524. The Morgan fingerprint density at radius 3 is 2.56 bits per heavy atom. The molecule has 0 bridgehead atoms. The molecule has 0 aliphatic heterocycles. The molecule has 1 aromatic rings. The number of carboxylic acids is 1. The van der Waals surface area contributed by atoms with Crippen LogP contribution < -0.4 is 16.8 Å². The van der Waals surface area contributed by atoms with Crippen molar-refractivity contribution in [1.29, 1.82) is 0 Å². The summed E-state index contributed by atoms with van der Waals surface area (Å²) < 4.78 is 0. The van der Waals surface area contributed by atoms with Gasteiger partial charge in [0.2, 0.25) is 0 Å². The van der Waals surface area contributed by atoms with Gasteiger partial charge in [-0.1, -0.05) is 68.2 Å². The molecule has 6 N–H and O–H groups in total. The quantitative estimate of drug-likeness (QED) is 0.227. The van der Waals surface area contributed by atoms with E-state index in [2.05, 4.69) is 35.4 Å². The molecule has 1 rings (SSSR count). The van der Waals surface area contributed by atoms with E-state index in [-0.39, 0.29) is 5.96 Å². The lowest BCUT2D eigenvalue weighted by Crippen LogP contribution is -2.38. The van der Waals surface area contributed by atoms with Crippen LogP contribution in [0.25, 0.3) is 6.08 Å². The van der Waals surface area contributed by atoms with Crippen LogP contribution in [0, 0.1) is 0 Å². The van der Waals surface area contributed by atoms with Crippen LogP contribution >= 0.6 is 0 Å². The number of nitrogens with zero attached hydrogens (tertiary/aromatic N) is 1. The molecule has 0 aliphatic carbocycles. The van der Waals surface area contributed by atoms with Crippen LogP contribution in [0.15, 0.2) is 40.9 Å². The summed E-state index contributed by atoms with van der Waals surface area (Å²) in [6.07, 6.45) is 9.00. The molecule has 0 heterocycles. The third-order valence-corrected chi connectivity index (χ3v) is 4.34. The Bertz CT molecular complexity index is 595. The molecule has 0 spiro atoms. The number of aliphatic carboxylic acids is 1. The minimum atomic E-state index is -0.843. The third kappa shape index (κ3) is 11.1.